The van der Waals surface area contributed by atoms with Gasteiger partial charge in [0, 0.05) is 0 Å². The van der Waals surface area contributed by atoms with E-state index in [0.717, 1.165) is 0 Å². The molecule has 14 heavy (non-hydrogen) atoms. The van der Waals surface area contributed by atoms with E-state index in [4.69, 9.17) is 5.11 Å². The van der Waals surface area contributed by atoms with Crippen molar-refractivity contribution in [2.75, 3.05) is 0 Å². The fourth-order valence-corrected chi connectivity index (χ4v) is 1.26. The van der Waals surface area contributed by atoms with Gasteiger partial charge in [0.1, 0.15) is 11.9 Å². The van der Waals surface area contributed by atoms with Crippen molar-refractivity contribution in [1.29, 1.82) is 0 Å². The predicted octanol–water partition coefficient (Wildman–Crippen LogP) is -0.576. The lowest BCUT2D eigenvalue weighted by atomic mass is 10.2. The van der Waals surface area contributed by atoms with Gasteiger partial charge in [0.15, 0.2) is 0 Å². The number of aromatic amines is 1. The lowest BCUT2D eigenvalue weighted by molar-refractivity contribution is 0.0693. The highest BCUT2D eigenvalue weighted by molar-refractivity contribution is 5.88. The first-order valence-corrected chi connectivity index (χ1v) is 3.77. The van der Waals surface area contributed by atoms with Crippen LogP contribution in [-0.2, 0) is 0 Å². The zero-order chi connectivity index (χ0) is 10.3. The van der Waals surface area contributed by atoms with Crippen molar-refractivity contribution in [3.8, 4) is 0 Å². The van der Waals surface area contributed by atoms with Crippen LogP contribution in [0.5, 0.6) is 0 Å². The molecule has 0 radical (unpaired) electrons. The van der Waals surface area contributed by atoms with Gasteiger partial charge in [-0.05, 0) is 6.92 Å². The van der Waals surface area contributed by atoms with Crippen molar-refractivity contribution in [1.82, 2.24) is 19.6 Å². The summed E-state index contributed by atoms with van der Waals surface area (Å²) < 4.78 is 1.27. The molecule has 2 heterocycles. The molecule has 2 N–H and O–H groups in total. The number of hydrogen-bond donors (Lipinski definition) is 2. The summed E-state index contributed by atoms with van der Waals surface area (Å²) in [6.07, 6.45) is 1.24. The fourth-order valence-electron chi connectivity index (χ4n) is 1.26. The average molecular weight is 194 g/mol. The summed E-state index contributed by atoms with van der Waals surface area (Å²) in [6, 6.07) is 0. The zero-order valence-corrected chi connectivity index (χ0v) is 7.18. The van der Waals surface area contributed by atoms with E-state index in [1.165, 1.54) is 17.8 Å². The minimum absolute atomic E-state index is 0.234. The van der Waals surface area contributed by atoms with Gasteiger partial charge in [-0.2, -0.15) is 10.1 Å². The van der Waals surface area contributed by atoms with Crippen LogP contribution in [0.15, 0.2) is 11.1 Å². The molecule has 2 aromatic heterocycles. The summed E-state index contributed by atoms with van der Waals surface area (Å²) >= 11 is 0. The molecule has 0 atom stereocenters. The highest BCUT2D eigenvalue weighted by Crippen LogP contribution is 2.02. The third-order valence-corrected chi connectivity index (χ3v) is 1.89. The Hall–Kier alpha value is -2.18. The standard InChI is InChI=1S/C7H6N4O3/c1-3-4(6(13)14)5(12)10-7-8-2-9-11(3)7/h2H,1H3,(H,13,14)(H,8,9,10,12). The Balaban J connectivity index is 2.96. The van der Waals surface area contributed by atoms with Crippen LogP contribution in [0.3, 0.4) is 0 Å². The maximum absolute atomic E-state index is 11.3. The van der Waals surface area contributed by atoms with Crippen LogP contribution in [0.4, 0.5) is 0 Å². The molecule has 7 nitrogen and oxygen atoms in total. The maximum atomic E-state index is 11.3. The lowest BCUT2D eigenvalue weighted by Gasteiger charge is -2.00. The number of aromatic nitrogens is 4. The molecular weight excluding hydrogens is 188 g/mol. The first kappa shape index (κ1) is 8.42. The summed E-state index contributed by atoms with van der Waals surface area (Å²) in [5, 5.41) is 12.5. The number of nitrogens with one attached hydrogen (secondary N) is 1. The molecule has 0 unspecified atom stereocenters. The van der Waals surface area contributed by atoms with Gasteiger partial charge >= 0.3 is 5.97 Å². The fraction of sp³-hybridized carbons (Fsp3) is 0.143. The van der Waals surface area contributed by atoms with Crippen LogP contribution >= 0.6 is 0 Å². The van der Waals surface area contributed by atoms with Gasteiger partial charge in [-0.1, -0.05) is 0 Å². The number of carboxylic acid groups (broad SMARTS) is 1. The Morgan fingerprint density at radius 1 is 1.64 bits per heavy atom. The second-order valence-corrected chi connectivity index (χ2v) is 2.72. The predicted molar refractivity (Wildman–Crippen MR) is 45.3 cm³/mol. The summed E-state index contributed by atoms with van der Waals surface area (Å²) in [5.41, 5.74) is -0.729. The lowest BCUT2D eigenvalue weighted by Crippen LogP contribution is -2.22. The Labute approximate surface area is 77.0 Å². The van der Waals surface area contributed by atoms with Crippen LogP contribution < -0.4 is 5.56 Å². The Morgan fingerprint density at radius 2 is 2.36 bits per heavy atom. The molecule has 0 saturated heterocycles. The number of H-pyrrole nitrogens is 1. The molecule has 2 aromatic rings. The molecule has 0 amide bonds. The van der Waals surface area contributed by atoms with E-state index in [0.29, 0.717) is 0 Å². The number of rotatable bonds is 1. The van der Waals surface area contributed by atoms with E-state index in [9.17, 15) is 9.59 Å². The monoisotopic (exact) mass is 194 g/mol. The van der Waals surface area contributed by atoms with Crippen molar-refractivity contribution in [3.05, 3.63) is 27.9 Å². The van der Waals surface area contributed by atoms with Gasteiger partial charge in [0.05, 0.1) is 5.69 Å². The van der Waals surface area contributed by atoms with E-state index in [1.807, 2.05) is 0 Å². The van der Waals surface area contributed by atoms with Crippen LogP contribution in [-0.4, -0.2) is 30.7 Å². The number of carbonyl (C=O) groups is 1. The normalized spacial score (nSPS) is 10.6. The van der Waals surface area contributed by atoms with E-state index < -0.39 is 11.5 Å². The van der Waals surface area contributed by atoms with Gasteiger partial charge in [0.25, 0.3) is 5.56 Å². The van der Waals surface area contributed by atoms with E-state index in [1.54, 1.807) is 0 Å². The molecule has 2 rings (SSSR count). The molecule has 72 valence electrons. The quantitative estimate of drug-likeness (QED) is 0.632. The molecule has 0 aliphatic carbocycles. The zero-order valence-electron chi connectivity index (χ0n) is 7.18. The maximum Gasteiger partial charge on any atom is 0.343 e. The summed E-state index contributed by atoms with van der Waals surface area (Å²) in [7, 11) is 0. The van der Waals surface area contributed by atoms with Crippen LogP contribution in [0.1, 0.15) is 16.1 Å². The first-order chi connectivity index (χ1) is 6.61. The van der Waals surface area contributed by atoms with Crippen molar-refractivity contribution < 1.29 is 9.90 Å². The third kappa shape index (κ3) is 0.987. The van der Waals surface area contributed by atoms with E-state index >= 15 is 0 Å². The molecule has 0 aliphatic heterocycles. The Bertz CT molecular complexity index is 568. The summed E-state index contributed by atoms with van der Waals surface area (Å²) in [4.78, 5) is 28.1. The molecule has 0 aromatic carbocycles. The van der Waals surface area contributed by atoms with Crippen molar-refractivity contribution in [2.45, 2.75) is 6.92 Å². The summed E-state index contributed by atoms with van der Waals surface area (Å²) in [6.45, 7) is 1.50. The number of fused-ring (bicyclic) bond motifs is 1. The number of carboxylic acids is 1. The highest BCUT2D eigenvalue weighted by atomic mass is 16.4. The van der Waals surface area contributed by atoms with E-state index in [-0.39, 0.29) is 17.0 Å². The second-order valence-electron chi connectivity index (χ2n) is 2.72. The second kappa shape index (κ2) is 2.66. The smallest absolute Gasteiger partial charge is 0.343 e. The van der Waals surface area contributed by atoms with Gasteiger partial charge in [-0.25, -0.2) is 9.31 Å². The Kier molecular flexibility index (Phi) is 1.60. The van der Waals surface area contributed by atoms with Gasteiger partial charge in [-0.15, -0.1) is 0 Å². The molecule has 0 aliphatic rings. The van der Waals surface area contributed by atoms with E-state index in [2.05, 4.69) is 15.1 Å². The molecule has 0 fully saturated rings. The van der Waals surface area contributed by atoms with Crippen LogP contribution in [0.25, 0.3) is 5.78 Å². The number of aryl methyl sites for hydroxylation is 1. The SMILES string of the molecule is Cc1c(C(=O)O)c(=O)[nH]c2ncnn12. The average Bonchev–Trinajstić information content (AvgIpc) is 2.50. The minimum atomic E-state index is -1.28. The molecule has 0 spiro atoms. The van der Waals surface area contributed by atoms with Crippen LogP contribution in [0, 0.1) is 6.92 Å². The van der Waals surface area contributed by atoms with Crippen molar-refractivity contribution >= 4 is 11.7 Å². The molecule has 0 saturated carbocycles. The van der Waals surface area contributed by atoms with Crippen LogP contribution in [0.2, 0.25) is 0 Å². The highest BCUT2D eigenvalue weighted by Gasteiger charge is 2.16. The number of hydrogen-bond acceptors (Lipinski definition) is 4. The Morgan fingerprint density at radius 3 is 3.00 bits per heavy atom. The first-order valence-electron chi connectivity index (χ1n) is 3.77. The molecule has 0 bridgehead atoms. The number of aromatic carboxylic acids is 1. The van der Waals surface area contributed by atoms with Gasteiger partial charge in [0.2, 0.25) is 5.78 Å². The van der Waals surface area contributed by atoms with Gasteiger partial charge < -0.3 is 5.11 Å². The topological polar surface area (TPSA) is 100 Å². The van der Waals surface area contributed by atoms with Crippen molar-refractivity contribution in [3.63, 3.8) is 0 Å². The largest absolute Gasteiger partial charge is 0.477 e. The number of nitrogens with zero attached hydrogens (tertiary/aromatic N) is 3. The van der Waals surface area contributed by atoms with Crippen molar-refractivity contribution in [2.24, 2.45) is 0 Å². The molecule has 7 heteroatoms. The van der Waals surface area contributed by atoms with Gasteiger partial charge in [-0.3, -0.25) is 9.78 Å². The third-order valence-electron chi connectivity index (χ3n) is 1.89. The molecular formula is C7H6N4O3. The minimum Gasteiger partial charge on any atom is -0.477 e. The summed E-state index contributed by atoms with van der Waals surface area (Å²) in [5.74, 6) is -1.04.